The molecular formula is C17H13ClF3NO. The number of rotatable bonds is 3. The first-order valence-corrected chi connectivity index (χ1v) is 7.45. The Hall–Kier alpha value is -2.01. The molecule has 0 aromatic heterocycles. The van der Waals surface area contributed by atoms with E-state index in [4.69, 9.17) is 11.6 Å². The maximum absolute atomic E-state index is 13.1. The van der Waals surface area contributed by atoms with Crippen molar-refractivity contribution in [2.45, 2.75) is 24.6 Å². The van der Waals surface area contributed by atoms with Gasteiger partial charge in [-0.2, -0.15) is 13.2 Å². The highest BCUT2D eigenvalue weighted by Gasteiger charge is 2.57. The van der Waals surface area contributed by atoms with Crippen LogP contribution in [0.1, 0.15) is 18.4 Å². The molecule has 0 N–H and O–H groups in total. The van der Waals surface area contributed by atoms with E-state index >= 15 is 0 Å². The Kier molecular flexibility index (Phi) is 3.84. The quantitative estimate of drug-likeness (QED) is 0.777. The summed E-state index contributed by atoms with van der Waals surface area (Å²) < 4.78 is 39.3. The van der Waals surface area contributed by atoms with E-state index in [9.17, 15) is 18.0 Å². The minimum absolute atomic E-state index is 0.238. The van der Waals surface area contributed by atoms with E-state index in [0.717, 1.165) is 4.90 Å². The molecule has 0 unspecified atom stereocenters. The van der Waals surface area contributed by atoms with Gasteiger partial charge in [0.2, 0.25) is 0 Å². The molecule has 1 saturated carbocycles. The van der Waals surface area contributed by atoms with Gasteiger partial charge in [0.05, 0.1) is 5.54 Å². The molecule has 1 aliphatic rings. The summed E-state index contributed by atoms with van der Waals surface area (Å²) in [5.74, 6) is -1.85. The molecule has 0 atom stereocenters. The van der Waals surface area contributed by atoms with Gasteiger partial charge < -0.3 is 0 Å². The molecule has 2 aromatic carbocycles. The number of hydrogen-bond acceptors (Lipinski definition) is 1. The monoisotopic (exact) mass is 339 g/mol. The molecule has 0 saturated heterocycles. The lowest BCUT2D eigenvalue weighted by molar-refractivity contribution is -0.171. The highest BCUT2D eigenvalue weighted by molar-refractivity contribution is 6.30. The highest BCUT2D eigenvalue weighted by Crippen LogP contribution is 2.53. The van der Waals surface area contributed by atoms with E-state index in [1.807, 2.05) is 0 Å². The van der Waals surface area contributed by atoms with Crippen LogP contribution in [0, 0.1) is 0 Å². The van der Waals surface area contributed by atoms with Crippen LogP contribution in [0.4, 0.5) is 18.9 Å². The Morgan fingerprint density at radius 3 is 2.04 bits per heavy atom. The van der Waals surface area contributed by atoms with Crippen molar-refractivity contribution in [3.63, 3.8) is 0 Å². The van der Waals surface area contributed by atoms with Gasteiger partial charge in [0.25, 0.3) is 0 Å². The average Bonchev–Trinajstić information content (AvgIpc) is 3.30. The predicted octanol–water partition coefficient (Wildman–Crippen LogP) is 4.92. The molecule has 2 aromatic rings. The van der Waals surface area contributed by atoms with Crippen molar-refractivity contribution in [1.29, 1.82) is 0 Å². The summed E-state index contributed by atoms with van der Waals surface area (Å²) >= 11 is 5.85. The second-order valence-electron chi connectivity index (χ2n) is 5.51. The lowest BCUT2D eigenvalue weighted by Gasteiger charge is -2.33. The maximum Gasteiger partial charge on any atom is 0.471 e. The third-order valence-electron chi connectivity index (χ3n) is 3.99. The maximum atomic E-state index is 13.1. The summed E-state index contributed by atoms with van der Waals surface area (Å²) in [4.78, 5) is 12.9. The third kappa shape index (κ3) is 2.93. The number of nitrogens with zero attached hydrogens (tertiary/aromatic N) is 1. The minimum atomic E-state index is -4.93. The first-order valence-electron chi connectivity index (χ1n) is 7.07. The first kappa shape index (κ1) is 15.9. The van der Waals surface area contributed by atoms with E-state index in [2.05, 4.69) is 0 Å². The van der Waals surface area contributed by atoms with Crippen molar-refractivity contribution in [2.24, 2.45) is 0 Å². The molecule has 0 aliphatic heterocycles. The van der Waals surface area contributed by atoms with Crippen LogP contribution in [0.25, 0.3) is 0 Å². The summed E-state index contributed by atoms with van der Waals surface area (Å²) in [6.45, 7) is 0. The zero-order chi connectivity index (χ0) is 16.7. The summed E-state index contributed by atoms with van der Waals surface area (Å²) in [6, 6.07) is 14.6. The van der Waals surface area contributed by atoms with Crippen molar-refractivity contribution < 1.29 is 18.0 Å². The van der Waals surface area contributed by atoms with Gasteiger partial charge in [0.15, 0.2) is 0 Å². The average molecular weight is 340 g/mol. The van der Waals surface area contributed by atoms with Crippen LogP contribution in [0.5, 0.6) is 0 Å². The van der Waals surface area contributed by atoms with Gasteiger partial charge in [0.1, 0.15) is 0 Å². The molecule has 1 aliphatic carbocycles. The molecule has 0 spiro atoms. The largest absolute Gasteiger partial charge is 0.471 e. The molecule has 120 valence electrons. The zero-order valence-electron chi connectivity index (χ0n) is 12.0. The van der Waals surface area contributed by atoms with Gasteiger partial charge in [-0.05, 0) is 42.7 Å². The summed E-state index contributed by atoms with van der Waals surface area (Å²) in [5, 5.41) is 0.498. The topological polar surface area (TPSA) is 20.3 Å². The number of carbonyl (C=O) groups excluding carboxylic acids is 1. The smallest absolute Gasteiger partial charge is 0.294 e. The van der Waals surface area contributed by atoms with E-state index in [1.54, 1.807) is 42.5 Å². The number of carbonyl (C=O) groups is 1. The number of amides is 1. The fourth-order valence-corrected chi connectivity index (χ4v) is 2.91. The van der Waals surface area contributed by atoms with Crippen molar-refractivity contribution in [3.05, 3.63) is 65.2 Å². The second kappa shape index (κ2) is 5.57. The number of anilines is 1. The molecule has 3 rings (SSSR count). The molecule has 23 heavy (non-hydrogen) atoms. The van der Waals surface area contributed by atoms with Crippen molar-refractivity contribution in [1.82, 2.24) is 0 Å². The molecule has 0 radical (unpaired) electrons. The minimum Gasteiger partial charge on any atom is -0.294 e. The predicted molar refractivity (Wildman–Crippen MR) is 82.3 cm³/mol. The summed E-state index contributed by atoms with van der Waals surface area (Å²) in [7, 11) is 0. The summed E-state index contributed by atoms with van der Waals surface area (Å²) in [5.41, 5.74) is -0.0657. The van der Waals surface area contributed by atoms with Crippen LogP contribution >= 0.6 is 11.6 Å². The van der Waals surface area contributed by atoms with Gasteiger partial charge in [-0.1, -0.05) is 41.9 Å². The zero-order valence-corrected chi connectivity index (χ0v) is 12.7. The Bertz CT molecular complexity index is 709. The molecule has 6 heteroatoms. The van der Waals surface area contributed by atoms with E-state index < -0.39 is 17.6 Å². The fourth-order valence-electron chi connectivity index (χ4n) is 2.78. The Morgan fingerprint density at radius 2 is 1.57 bits per heavy atom. The third-order valence-corrected chi connectivity index (χ3v) is 4.25. The molecule has 0 bridgehead atoms. The molecule has 0 heterocycles. The Morgan fingerprint density at radius 1 is 1.00 bits per heavy atom. The lowest BCUT2D eigenvalue weighted by Crippen LogP contribution is -2.47. The highest BCUT2D eigenvalue weighted by atomic mass is 35.5. The van der Waals surface area contributed by atoms with Gasteiger partial charge in [-0.3, -0.25) is 9.69 Å². The van der Waals surface area contributed by atoms with E-state index in [-0.39, 0.29) is 5.69 Å². The number of benzene rings is 2. The molecule has 2 nitrogen and oxygen atoms in total. The van der Waals surface area contributed by atoms with Crippen molar-refractivity contribution in [2.75, 3.05) is 4.90 Å². The number of para-hydroxylation sites is 1. The molecule has 1 amide bonds. The van der Waals surface area contributed by atoms with Crippen LogP contribution in [-0.2, 0) is 10.3 Å². The van der Waals surface area contributed by atoms with Gasteiger partial charge in [-0.25, -0.2) is 0 Å². The SMILES string of the molecule is O=C(N(c1ccccc1)C1(c2ccc(Cl)cc2)CC1)C(F)(F)F. The lowest BCUT2D eigenvalue weighted by atomic mass is 10.0. The molecule has 1 fully saturated rings. The van der Waals surface area contributed by atoms with Crippen LogP contribution in [0.2, 0.25) is 5.02 Å². The van der Waals surface area contributed by atoms with Gasteiger partial charge in [0, 0.05) is 10.7 Å². The number of halogens is 4. The van der Waals surface area contributed by atoms with E-state index in [1.165, 1.54) is 12.1 Å². The van der Waals surface area contributed by atoms with Crippen LogP contribution < -0.4 is 4.90 Å². The Labute approximate surface area is 136 Å². The van der Waals surface area contributed by atoms with Gasteiger partial charge in [-0.15, -0.1) is 0 Å². The van der Waals surface area contributed by atoms with Crippen LogP contribution in [0.15, 0.2) is 54.6 Å². The van der Waals surface area contributed by atoms with Crippen LogP contribution in [0.3, 0.4) is 0 Å². The normalized spacial score (nSPS) is 16.0. The second-order valence-corrected chi connectivity index (χ2v) is 5.95. The van der Waals surface area contributed by atoms with Crippen molar-refractivity contribution >= 4 is 23.2 Å². The summed E-state index contributed by atoms with van der Waals surface area (Å²) in [6.07, 6.45) is -3.98. The Balaban J connectivity index is 2.09. The molecular weight excluding hydrogens is 327 g/mol. The number of hydrogen-bond donors (Lipinski definition) is 0. The van der Waals surface area contributed by atoms with E-state index in [0.29, 0.717) is 23.4 Å². The number of alkyl halides is 3. The standard InChI is InChI=1S/C17H13ClF3NO/c18-13-8-6-12(7-9-13)16(10-11-16)22(15(23)17(19,20)21)14-4-2-1-3-5-14/h1-9H,10-11H2. The fraction of sp³-hybridized carbons (Fsp3) is 0.235. The van der Waals surface area contributed by atoms with Crippen molar-refractivity contribution in [3.8, 4) is 0 Å². The van der Waals surface area contributed by atoms with Gasteiger partial charge >= 0.3 is 12.1 Å². The first-order chi connectivity index (χ1) is 10.8. The van der Waals surface area contributed by atoms with Crippen LogP contribution in [-0.4, -0.2) is 12.1 Å².